The zero-order valence-corrected chi connectivity index (χ0v) is 17.5. The van der Waals surface area contributed by atoms with Gasteiger partial charge < -0.3 is 4.18 Å². The molecule has 0 N–H and O–H groups in total. The summed E-state index contributed by atoms with van der Waals surface area (Å²) in [5, 5.41) is -1.08. The Kier molecular flexibility index (Phi) is 4.30. The zero-order chi connectivity index (χ0) is 23.9. The summed E-state index contributed by atoms with van der Waals surface area (Å²) >= 11 is 0.690. The summed E-state index contributed by atoms with van der Waals surface area (Å²) in [6.07, 6.45) is 0. The summed E-state index contributed by atoms with van der Waals surface area (Å²) in [5.74, 6) is -0.840. The first-order chi connectivity index (χ1) is 15.4. The maximum Gasteiger partial charge on any atom is 0.534 e. The lowest BCUT2D eigenvalue weighted by atomic mass is 10.0. The molecule has 0 amide bonds. The Morgan fingerprint density at radius 1 is 0.697 bits per heavy atom. The molecule has 1 aromatic heterocycles. The van der Waals surface area contributed by atoms with Crippen LogP contribution in [0.4, 0.5) is 13.2 Å². The SMILES string of the molecule is O=c1c2ccccc2c(=O)c2c1sc1c(=O)c3ccc(OS(=O)(=O)C(F)(F)F)cc3c(=O)c12. The number of hydrogen-bond donors (Lipinski definition) is 0. The molecular formula is C21H7F3O7S2. The predicted molar refractivity (Wildman–Crippen MR) is 117 cm³/mol. The lowest BCUT2D eigenvalue weighted by Crippen LogP contribution is -2.28. The molecule has 0 saturated heterocycles. The molecule has 166 valence electrons. The summed E-state index contributed by atoms with van der Waals surface area (Å²) in [4.78, 5) is 52.2. The van der Waals surface area contributed by atoms with E-state index in [1.165, 1.54) is 18.2 Å². The molecule has 0 saturated carbocycles. The number of benzene rings is 4. The summed E-state index contributed by atoms with van der Waals surface area (Å²) in [6, 6.07) is 8.38. The van der Waals surface area contributed by atoms with Crippen molar-refractivity contribution in [3.8, 4) is 5.75 Å². The van der Waals surface area contributed by atoms with E-state index in [0.29, 0.717) is 17.4 Å². The standard InChI is InChI=1S/C21H7F3O7S2/c22-21(23,24)33(29,30)31-8-5-6-11-12(7-8)16(26)14-13-15(25)9-3-1-2-4-10(9)17(27)19(13)32-20(14)18(11)28/h1-7H. The van der Waals surface area contributed by atoms with Gasteiger partial charge in [-0.1, -0.05) is 24.3 Å². The molecule has 4 aromatic carbocycles. The zero-order valence-electron chi connectivity index (χ0n) is 15.8. The molecule has 0 aliphatic carbocycles. The molecule has 0 unspecified atom stereocenters. The van der Waals surface area contributed by atoms with Crippen molar-refractivity contribution in [1.82, 2.24) is 0 Å². The van der Waals surface area contributed by atoms with Gasteiger partial charge in [0.15, 0.2) is 10.9 Å². The maximum atomic E-state index is 13.2. The van der Waals surface area contributed by atoms with E-state index < -0.39 is 48.5 Å². The topological polar surface area (TPSA) is 112 Å². The van der Waals surface area contributed by atoms with Crippen molar-refractivity contribution in [2.75, 3.05) is 0 Å². The van der Waals surface area contributed by atoms with Crippen molar-refractivity contribution in [1.29, 1.82) is 0 Å². The highest BCUT2D eigenvalue weighted by atomic mass is 32.2. The lowest BCUT2D eigenvalue weighted by molar-refractivity contribution is -0.0500. The van der Waals surface area contributed by atoms with Gasteiger partial charge in [-0.25, -0.2) is 0 Å². The Labute approximate surface area is 183 Å². The third-order valence-corrected chi connectivity index (χ3v) is 7.33. The summed E-state index contributed by atoms with van der Waals surface area (Å²) in [6.45, 7) is 0. The van der Waals surface area contributed by atoms with Gasteiger partial charge in [-0.05, 0) is 18.2 Å². The molecule has 0 aliphatic rings. The second-order valence-corrected chi connectivity index (χ2v) is 9.62. The second-order valence-electron chi connectivity index (χ2n) is 7.06. The van der Waals surface area contributed by atoms with Crippen LogP contribution in [-0.4, -0.2) is 13.9 Å². The van der Waals surface area contributed by atoms with Crippen molar-refractivity contribution in [3.63, 3.8) is 0 Å². The lowest BCUT2D eigenvalue weighted by Gasteiger charge is -2.09. The molecular weight excluding hydrogens is 485 g/mol. The van der Waals surface area contributed by atoms with E-state index in [-0.39, 0.29) is 36.3 Å². The molecule has 0 aliphatic heterocycles. The van der Waals surface area contributed by atoms with Gasteiger partial charge in [0.1, 0.15) is 5.75 Å². The maximum absolute atomic E-state index is 13.2. The molecule has 0 atom stereocenters. The van der Waals surface area contributed by atoms with Crippen LogP contribution in [0.5, 0.6) is 5.75 Å². The number of rotatable bonds is 2. The first-order valence-electron chi connectivity index (χ1n) is 9.02. The minimum atomic E-state index is -6.01. The average Bonchev–Trinajstić information content (AvgIpc) is 3.16. The molecule has 12 heteroatoms. The van der Waals surface area contributed by atoms with Crippen LogP contribution in [0.2, 0.25) is 0 Å². The molecule has 5 rings (SSSR count). The number of fused-ring (bicyclic) bond motifs is 5. The molecule has 0 radical (unpaired) electrons. The van der Waals surface area contributed by atoms with Gasteiger partial charge in [0.2, 0.25) is 10.9 Å². The van der Waals surface area contributed by atoms with Crippen molar-refractivity contribution >= 4 is 63.2 Å². The minimum Gasteiger partial charge on any atom is -0.376 e. The van der Waals surface area contributed by atoms with Gasteiger partial charge in [0, 0.05) is 21.5 Å². The third kappa shape index (κ3) is 2.91. The molecule has 0 fully saturated rings. The fourth-order valence-corrected chi connectivity index (χ4v) is 5.37. The van der Waals surface area contributed by atoms with Crippen LogP contribution in [-0.2, 0) is 10.1 Å². The highest BCUT2D eigenvalue weighted by Gasteiger charge is 2.48. The van der Waals surface area contributed by atoms with Crippen LogP contribution in [0, 0.1) is 0 Å². The Hall–Kier alpha value is -3.64. The summed E-state index contributed by atoms with van der Waals surface area (Å²) in [7, 11) is -6.01. The van der Waals surface area contributed by atoms with Crippen molar-refractivity contribution in [2.24, 2.45) is 0 Å². The normalized spacial score (nSPS) is 12.8. The largest absolute Gasteiger partial charge is 0.534 e. The number of thiophene rings is 1. The van der Waals surface area contributed by atoms with E-state index in [2.05, 4.69) is 4.18 Å². The van der Waals surface area contributed by atoms with Crippen molar-refractivity contribution < 1.29 is 25.8 Å². The quantitative estimate of drug-likeness (QED) is 0.275. The van der Waals surface area contributed by atoms with Crippen LogP contribution < -0.4 is 25.9 Å². The Morgan fingerprint density at radius 2 is 1.18 bits per heavy atom. The Bertz CT molecular complexity index is 1980. The van der Waals surface area contributed by atoms with Crippen LogP contribution in [0.3, 0.4) is 0 Å². The van der Waals surface area contributed by atoms with Crippen molar-refractivity contribution in [3.05, 3.63) is 83.4 Å². The summed E-state index contributed by atoms with van der Waals surface area (Å²) < 4.78 is 64.3. The third-order valence-electron chi connectivity index (χ3n) is 5.16. The highest BCUT2D eigenvalue weighted by molar-refractivity contribution is 7.88. The van der Waals surface area contributed by atoms with Crippen LogP contribution in [0.15, 0.2) is 61.6 Å². The molecule has 7 nitrogen and oxygen atoms in total. The van der Waals surface area contributed by atoms with Gasteiger partial charge in [-0.3, -0.25) is 19.2 Å². The first kappa shape index (κ1) is 21.2. The van der Waals surface area contributed by atoms with Crippen LogP contribution in [0.25, 0.3) is 41.7 Å². The number of hydrogen-bond acceptors (Lipinski definition) is 8. The van der Waals surface area contributed by atoms with E-state index in [0.717, 1.165) is 12.1 Å². The van der Waals surface area contributed by atoms with Gasteiger partial charge in [-0.15, -0.1) is 11.3 Å². The molecule has 0 bridgehead atoms. The van der Waals surface area contributed by atoms with Gasteiger partial charge in [-0.2, -0.15) is 21.6 Å². The van der Waals surface area contributed by atoms with E-state index in [1.807, 2.05) is 0 Å². The van der Waals surface area contributed by atoms with Gasteiger partial charge in [0.25, 0.3) is 0 Å². The smallest absolute Gasteiger partial charge is 0.376 e. The van der Waals surface area contributed by atoms with Gasteiger partial charge in [0.05, 0.1) is 20.2 Å². The van der Waals surface area contributed by atoms with Crippen molar-refractivity contribution in [2.45, 2.75) is 5.51 Å². The van der Waals surface area contributed by atoms with E-state index in [4.69, 9.17) is 0 Å². The minimum absolute atomic E-state index is 0.0509. The molecule has 1 heterocycles. The van der Waals surface area contributed by atoms with Gasteiger partial charge >= 0.3 is 15.6 Å². The first-order valence-corrected chi connectivity index (χ1v) is 11.2. The van der Waals surface area contributed by atoms with E-state index >= 15 is 0 Å². The molecule has 5 aromatic rings. The van der Waals surface area contributed by atoms with Crippen LogP contribution in [0.1, 0.15) is 0 Å². The Balaban J connectivity index is 1.92. The van der Waals surface area contributed by atoms with E-state index in [9.17, 15) is 40.8 Å². The predicted octanol–water partition coefficient (Wildman–Crippen LogP) is 2.91. The number of halogens is 3. The molecule has 33 heavy (non-hydrogen) atoms. The average molecular weight is 492 g/mol. The highest BCUT2D eigenvalue weighted by Crippen LogP contribution is 2.31. The van der Waals surface area contributed by atoms with E-state index in [1.54, 1.807) is 6.07 Å². The Morgan fingerprint density at radius 3 is 1.73 bits per heavy atom. The molecule has 0 spiro atoms. The second kappa shape index (κ2) is 6.68. The van der Waals surface area contributed by atoms with Crippen LogP contribution >= 0.6 is 11.3 Å². The number of alkyl halides is 3. The fraction of sp³-hybridized carbons (Fsp3) is 0.0476. The summed E-state index contributed by atoms with van der Waals surface area (Å²) in [5.41, 5.74) is -8.53. The fourth-order valence-electron chi connectivity index (χ4n) is 3.71. The monoisotopic (exact) mass is 492 g/mol.